The maximum absolute atomic E-state index is 11.5. The number of carbonyl (C=O) groups excluding carboxylic acids is 1. The lowest BCUT2D eigenvalue weighted by Gasteiger charge is -2.04. The topological polar surface area (TPSA) is 104 Å². The zero-order valence-electron chi connectivity index (χ0n) is 10.2. The molecule has 0 unspecified atom stereocenters. The number of hydrogen-bond acceptors (Lipinski definition) is 6. The van der Waals surface area contributed by atoms with Crippen LogP contribution in [0.4, 0.5) is 5.69 Å². The van der Waals surface area contributed by atoms with Crippen LogP contribution >= 0.6 is 0 Å². The van der Waals surface area contributed by atoms with Gasteiger partial charge in [-0.3, -0.25) is 10.1 Å². The highest BCUT2D eigenvalue weighted by Gasteiger charge is 2.12. The summed E-state index contributed by atoms with van der Waals surface area (Å²) in [5, 5.41) is 10.4. The second-order valence-electron chi connectivity index (χ2n) is 3.68. The van der Waals surface area contributed by atoms with Crippen molar-refractivity contribution in [3.63, 3.8) is 0 Å². The second kappa shape index (κ2) is 6.28. The molecule has 0 bridgehead atoms. The summed E-state index contributed by atoms with van der Waals surface area (Å²) in [7, 11) is -3.18. The van der Waals surface area contributed by atoms with E-state index < -0.39 is 20.7 Å². The van der Waals surface area contributed by atoms with Crippen LogP contribution in [0.15, 0.2) is 24.3 Å². The van der Waals surface area contributed by atoms with Gasteiger partial charge in [0, 0.05) is 17.9 Å². The Kier molecular flexibility index (Phi) is 4.99. The van der Waals surface area contributed by atoms with Gasteiger partial charge >= 0.3 is 5.97 Å². The van der Waals surface area contributed by atoms with Crippen LogP contribution in [0.5, 0.6) is 0 Å². The highest BCUT2D eigenvalue weighted by atomic mass is 32.2. The number of nitro benzene ring substituents is 1. The molecule has 0 heterocycles. The molecule has 1 aromatic carbocycles. The van der Waals surface area contributed by atoms with E-state index in [0.29, 0.717) is 0 Å². The van der Waals surface area contributed by atoms with E-state index in [1.807, 2.05) is 0 Å². The third kappa shape index (κ3) is 4.66. The number of sulfone groups is 1. The summed E-state index contributed by atoms with van der Waals surface area (Å²) in [6.07, 6.45) is 0. The molecule has 0 aromatic heterocycles. The van der Waals surface area contributed by atoms with E-state index in [1.165, 1.54) is 31.2 Å². The predicted octanol–water partition coefficient (Wildman–Crippen LogP) is 1.19. The van der Waals surface area contributed by atoms with E-state index in [0.717, 1.165) is 0 Å². The molecule has 0 spiro atoms. The summed E-state index contributed by atoms with van der Waals surface area (Å²) >= 11 is 0. The predicted molar refractivity (Wildman–Crippen MR) is 67.7 cm³/mol. The molecule has 0 saturated carbocycles. The summed E-state index contributed by atoms with van der Waals surface area (Å²) in [4.78, 5) is 21.4. The first kappa shape index (κ1) is 15.1. The Balaban J connectivity index is 2.57. The van der Waals surface area contributed by atoms with Crippen molar-refractivity contribution < 1.29 is 22.9 Å². The molecule has 1 rings (SSSR count). The summed E-state index contributed by atoms with van der Waals surface area (Å²) in [5.41, 5.74) is 0.00427. The molecular formula is C11H13NO6S. The molecule has 8 heteroatoms. The van der Waals surface area contributed by atoms with Gasteiger partial charge < -0.3 is 4.74 Å². The molecule has 0 atom stereocenters. The molecule has 0 aliphatic rings. The van der Waals surface area contributed by atoms with Gasteiger partial charge in [-0.1, -0.05) is 6.92 Å². The molecule has 0 aliphatic carbocycles. The largest absolute Gasteiger partial charge is 0.461 e. The Morgan fingerprint density at radius 2 is 1.89 bits per heavy atom. The molecule has 19 heavy (non-hydrogen) atoms. The van der Waals surface area contributed by atoms with Crippen molar-refractivity contribution in [3.05, 3.63) is 39.9 Å². The van der Waals surface area contributed by atoms with Gasteiger partial charge in [0.15, 0.2) is 9.84 Å². The van der Waals surface area contributed by atoms with Gasteiger partial charge in [0.2, 0.25) is 0 Å². The van der Waals surface area contributed by atoms with Crippen molar-refractivity contribution in [1.82, 2.24) is 0 Å². The zero-order chi connectivity index (χ0) is 14.5. The minimum atomic E-state index is -3.18. The fraction of sp³-hybridized carbons (Fsp3) is 0.364. The van der Waals surface area contributed by atoms with Gasteiger partial charge in [0.05, 0.1) is 16.2 Å². The van der Waals surface area contributed by atoms with Crippen molar-refractivity contribution in [3.8, 4) is 0 Å². The number of ether oxygens (including phenoxy) is 1. The summed E-state index contributed by atoms with van der Waals surface area (Å²) in [5.74, 6) is -0.953. The minimum Gasteiger partial charge on any atom is -0.461 e. The quantitative estimate of drug-likeness (QED) is 0.442. The number of benzene rings is 1. The number of nitro groups is 1. The van der Waals surface area contributed by atoms with Crippen molar-refractivity contribution >= 4 is 21.5 Å². The Morgan fingerprint density at radius 3 is 2.37 bits per heavy atom. The molecule has 7 nitrogen and oxygen atoms in total. The van der Waals surface area contributed by atoms with Gasteiger partial charge in [-0.25, -0.2) is 13.2 Å². The molecular weight excluding hydrogens is 274 g/mol. The smallest absolute Gasteiger partial charge is 0.338 e. The summed E-state index contributed by atoms with van der Waals surface area (Å²) in [6, 6.07) is 4.88. The maximum atomic E-state index is 11.5. The van der Waals surface area contributed by atoms with Crippen LogP contribution < -0.4 is 0 Å². The number of hydrogen-bond donors (Lipinski definition) is 0. The van der Waals surface area contributed by atoms with Crippen LogP contribution in [0.2, 0.25) is 0 Å². The van der Waals surface area contributed by atoms with Gasteiger partial charge in [-0.2, -0.15) is 0 Å². The Bertz CT molecular complexity index is 563. The molecule has 0 aliphatic heterocycles. The van der Waals surface area contributed by atoms with Gasteiger partial charge in [0.25, 0.3) is 5.69 Å². The monoisotopic (exact) mass is 287 g/mol. The fourth-order valence-corrected chi connectivity index (χ4v) is 1.83. The molecule has 104 valence electrons. The highest BCUT2D eigenvalue weighted by molar-refractivity contribution is 7.91. The summed E-state index contributed by atoms with van der Waals surface area (Å²) < 4.78 is 27.1. The van der Waals surface area contributed by atoms with Crippen LogP contribution in [-0.2, 0) is 14.6 Å². The average molecular weight is 287 g/mol. The molecule has 0 amide bonds. The second-order valence-corrected chi connectivity index (χ2v) is 6.15. The van der Waals surface area contributed by atoms with E-state index in [9.17, 15) is 23.3 Å². The molecule has 0 radical (unpaired) electrons. The SMILES string of the molecule is CCS(=O)(=O)CCOC(=O)c1ccc([N+](=O)[O-])cc1. The first-order chi connectivity index (χ1) is 8.85. The van der Waals surface area contributed by atoms with Gasteiger partial charge in [-0.05, 0) is 12.1 Å². The van der Waals surface area contributed by atoms with Crippen molar-refractivity contribution in [1.29, 1.82) is 0 Å². The van der Waals surface area contributed by atoms with E-state index in [4.69, 9.17) is 4.74 Å². The van der Waals surface area contributed by atoms with E-state index in [1.54, 1.807) is 0 Å². The Labute approximate surface area is 110 Å². The lowest BCUT2D eigenvalue weighted by Crippen LogP contribution is -2.16. The molecule has 1 aromatic rings. The molecule has 0 fully saturated rings. The number of carbonyl (C=O) groups is 1. The highest BCUT2D eigenvalue weighted by Crippen LogP contribution is 2.12. The normalized spacial score (nSPS) is 11.0. The van der Waals surface area contributed by atoms with E-state index >= 15 is 0 Å². The standard InChI is InChI=1S/C11H13NO6S/c1-2-19(16,17)8-7-18-11(13)9-3-5-10(6-4-9)12(14)15/h3-6H,2,7-8H2,1H3. The lowest BCUT2D eigenvalue weighted by atomic mass is 10.2. The van der Waals surface area contributed by atoms with Crippen LogP contribution in [0.1, 0.15) is 17.3 Å². The first-order valence-electron chi connectivity index (χ1n) is 5.47. The number of nitrogens with zero attached hydrogens (tertiary/aromatic N) is 1. The zero-order valence-corrected chi connectivity index (χ0v) is 11.1. The van der Waals surface area contributed by atoms with Crippen LogP contribution in [0, 0.1) is 10.1 Å². The lowest BCUT2D eigenvalue weighted by molar-refractivity contribution is -0.384. The average Bonchev–Trinajstić information content (AvgIpc) is 2.38. The van der Waals surface area contributed by atoms with Crippen LogP contribution in [0.3, 0.4) is 0 Å². The third-order valence-corrected chi connectivity index (χ3v) is 4.05. The number of esters is 1. The van der Waals surface area contributed by atoms with E-state index in [2.05, 4.69) is 0 Å². The van der Waals surface area contributed by atoms with Crippen molar-refractivity contribution in [2.24, 2.45) is 0 Å². The van der Waals surface area contributed by atoms with Crippen LogP contribution in [-0.4, -0.2) is 37.4 Å². The van der Waals surface area contributed by atoms with Crippen molar-refractivity contribution in [2.45, 2.75) is 6.92 Å². The fourth-order valence-electron chi connectivity index (χ4n) is 1.21. The number of non-ortho nitro benzene ring substituents is 1. The summed E-state index contributed by atoms with van der Waals surface area (Å²) in [6.45, 7) is 1.28. The Morgan fingerprint density at radius 1 is 1.32 bits per heavy atom. The molecule has 0 saturated heterocycles. The number of rotatable bonds is 6. The Hall–Kier alpha value is -1.96. The van der Waals surface area contributed by atoms with Crippen molar-refractivity contribution in [2.75, 3.05) is 18.1 Å². The first-order valence-corrected chi connectivity index (χ1v) is 7.30. The minimum absolute atomic E-state index is 0.0118. The van der Waals surface area contributed by atoms with Gasteiger partial charge in [-0.15, -0.1) is 0 Å². The van der Waals surface area contributed by atoms with Gasteiger partial charge in [0.1, 0.15) is 6.61 Å². The third-order valence-electron chi connectivity index (χ3n) is 2.38. The van der Waals surface area contributed by atoms with E-state index in [-0.39, 0.29) is 29.4 Å². The molecule has 0 N–H and O–H groups in total. The van der Waals surface area contributed by atoms with Crippen LogP contribution in [0.25, 0.3) is 0 Å². The maximum Gasteiger partial charge on any atom is 0.338 e.